The zero-order valence-corrected chi connectivity index (χ0v) is 16.6. The number of aliphatic imine (C=N–C) groups is 1. The zero-order chi connectivity index (χ0) is 20.1. The lowest BCUT2D eigenvalue weighted by atomic mass is 10.0. The van der Waals surface area contributed by atoms with Crippen LogP contribution in [0.5, 0.6) is 0 Å². The van der Waals surface area contributed by atoms with E-state index in [4.69, 9.17) is 10.2 Å². The summed E-state index contributed by atoms with van der Waals surface area (Å²) in [5.41, 5.74) is 5.73. The maximum atomic E-state index is 14.8. The van der Waals surface area contributed by atoms with E-state index in [-0.39, 0.29) is 16.6 Å². The minimum Gasteiger partial charge on any atom is -0.442 e. The molecule has 146 valence electrons. The van der Waals surface area contributed by atoms with Crippen molar-refractivity contribution in [3.8, 4) is 21.9 Å². The van der Waals surface area contributed by atoms with Crippen LogP contribution >= 0.6 is 11.3 Å². The highest BCUT2D eigenvalue weighted by atomic mass is 32.2. The number of pyridine rings is 1. The van der Waals surface area contributed by atoms with Gasteiger partial charge in [0.1, 0.15) is 17.1 Å². The fraction of sp³-hybridized carbons (Fsp3) is 0.235. The summed E-state index contributed by atoms with van der Waals surface area (Å²) in [4.78, 5) is 13.2. The minimum atomic E-state index is -3.69. The predicted octanol–water partition coefficient (Wildman–Crippen LogP) is 2.41. The van der Waals surface area contributed by atoms with Gasteiger partial charge in [-0.25, -0.2) is 27.1 Å². The van der Waals surface area contributed by atoms with Crippen molar-refractivity contribution in [3.05, 3.63) is 47.7 Å². The van der Waals surface area contributed by atoms with E-state index in [1.807, 2.05) is 0 Å². The monoisotopic (exact) mass is 421 g/mol. The molecule has 0 saturated carbocycles. The first-order valence-corrected chi connectivity index (χ1v) is 10.6. The molecule has 0 aromatic carbocycles. The second-order valence-corrected chi connectivity index (χ2v) is 9.60. The number of hydrogen-bond donors (Lipinski definition) is 1. The Labute approximate surface area is 164 Å². The summed E-state index contributed by atoms with van der Waals surface area (Å²) < 4.78 is 45.7. The largest absolute Gasteiger partial charge is 0.442 e. The van der Waals surface area contributed by atoms with Crippen LogP contribution in [-0.4, -0.2) is 41.5 Å². The zero-order valence-electron chi connectivity index (χ0n) is 15.0. The molecule has 1 atom stereocenters. The van der Waals surface area contributed by atoms with Gasteiger partial charge in [-0.05, 0) is 30.7 Å². The number of hydrogen-bond acceptors (Lipinski definition) is 8. The molecule has 1 aliphatic rings. The molecule has 8 nitrogen and oxygen atoms in total. The summed E-state index contributed by atoms with van der Waals surface area (Å²) in [7, 11) is -2.36. The molecule has 0 unspecified atom stereocenters. The number of rotatable bonds is 3. The van der Waals surface area contributed by atoms with Crippen molar-refractivity contribution < 1.29 is 17.2 Å². The Hall–Kier alpha value is -2.79. The molecule has 0 bridgehead atoms. The average molecular weight is 421 g/mol. The molecule has 0 fully saturated rings. The van der Waals surface area contributed by atoms with Crippen molar-refractivity contribution in [3.63, 3.8) is 0 Å². The molecule has 1 aliphatic heterocycles. The fourth-order valence-corrected chi connectivity index (χ4v) is 5.66. The molecule has 2 N–H and O–H groups in total. The second-order valence-electron chi connectivity index (χ2n) is 6.55. The lowest BCUT2D eigenvalue weighted by molar-refractivity contribution is 0.466. The highest BCUT2D eigenvalue weighted by Gasteiger charge is 2.42. The van der Waals surface area contributed by atoms with Crippen LogP contribution in [0.25, 0.3) is 21.9 Å². The Morgan fingerprint density at radius 3 is 2.86 bits per heavy atom. The summed E-state index contributed by atoms with van der Waals surface area (Å²) >= 11 is 1.13. The molecule has 3 aromatic rings. The Kier molecular flexibility index (Phi) is 4.23. The van der Waals surface area contributed by atoms with Gasteiger partial charge in [-0.1, -0.05) is 0 Å². The van der Waals surface area contributed by atoms with Gasteiger partial charge in [0.15, 0.2) is 12.2 Å². The molecule has 0 aliphatic carbocycles. The van der Waals surface area contributed by atoms with Gasteiger partial charge in [-0.2, -0.15) is 0 Å². The third-order valence-electron chi connectivity index (χ3n) is 4.47. The van der Waals surface area contributed by atoms with Crippen LogP contribution < -0.4 is 5.73 Å². The average Bonchev–Trinajstić information content (AvgIpc) is 3.29. The second kappa shape index (κ2) is 6.38. The molecule has 11 heteroatoms. The number of nitrogens with two attached hydrogens (primary N) is 1. The van der Waals surface area contributed by atoms with Crippen LogP contribution in [0.3, 0.4) is 0 Å². The van der Waals surface area contributed by atoms with Crippen molar-refractivity contribution in [2.45, 2.75) is 12.5 Å². The Balaban J connectivity index is 1.77. The molecule has 3 aromatic heterocycles. The van der Waals surface area contributed by atoms with Crippen molar-refractivity contribution in [1.29, 1.82) is 0 Å². The van der Waals surface area contributed by atoms with E-state index in [0.29, 0.717) is 21.9 Å². The standard InChI is InChI=1S/C17H16FN5O3S2/c1-17(8-28(24,25)23(2)16(19)22-17)15-11(18)6-14(27-15)10-3-4-21-12(5-10)13-7-20-9-26-13/h3-7,9H,8H2,1-2H3,(H2,19,22)/t17-/m0/s1. The molecule has 0 radical (unpaired) electrons. The SMILES string of the molecule is CN1C(N)=N[C@](C)(c2sc(-c3ccnc(-c4cnco4)c3)cc2F)CS1(=O)=O. The number of guanidine groups is 1. The quantitative estimate of drug-likeness (QED) is 0.694. The van der Waals surface area contributed by atoms with Crippen LogP contribution in [0.15, 0.2) is 46.4 Å². The number of oxazole rings is 1. The van der Waals surface area contributed by atoms with Crippen LogP contribution in [0.1, 0.15) is 11.8 Å². The Morgan fingerprint density at radius 2 is 2.18 bits per heavy atom. The van der Waals surface area contributed by atoms with Gasteiger partial charge in [0.05, 0.1) is 16.8 Å². The third kappa shape index (κ3) is 3.06. The van der Waals surface area contributed by atoms with E-state index >= 15 is 0 Å². The number of aromatic nitrogens is 2. The molecule has 4 heterocycles. The van der Waals surface area contributed by atoms with Gasteiger partial charge in [-0.3, -0.25) is 4.98 Å². The summed E-state index contributed by atoms with van der Waals surface area (Å²) in [5.74, 6) is -0.574. The van der Waals surface area contributed by atoms with E-state index in [1.54, 1.807) is 25.3 Å². The van der Waals surface area contributed by atoms with Gasteiger partial charge < -0.3 is 10.2 Å². The van der Waals surface area contributed by atoms with Gasteiger partial charge >= 0.3 is 0 Å². The summed E-state index contributed by atoms with van der Waals surface area (Å²) in [6.45, 7) is 1.57. The minimum absolute atomic E-state index is 0.167. The molecule has 0 saturated heterocycles. The fourth-order valence-electron chi connectivity index (χ4n) is 3.01. The molecular weight excluding hydrogens is 405 g/mol. The summed E-state index contributed by atoms with van der Waals surface area (Å²) in [6, 6.07) is 4.85. The molecule has 28 heavy (non-hydrogen) atoms. The highest BCUT2D eigenvalue weighted by molar-refractivity contribution is 7.89. The van der Waals surface area contributed by atoms with Gasteiger partial charge in [0.2, 0.25) is 16.0 Å². The first-order valence-electron chi connectivity index (χ1n) is 8.17. The molecule has 0 amide bonds. The lowest BCUT2D eigenvalue weighted by Gasteiger charge is -2.33. The lowest BCUT2D eigenvalue weighted by Crippen LogP contribution is -2.50. The van der Waals surface area contributed by atoms with E-state index in [1.165, 1.54) is 25.7 Å². The van der Waals surface area contributed by atoms with E-state index in [2.05, 4.69) is 15.0 Å². The first kappa shape index (κ1) is 18.6. The predicted molar refractivity (Wildman–Crippen MR) is 104 cm³/mol. The van der Waals surface area contributed by atoms with Crippen LogP contribution in [0, 0.1) is 5.82 Å². The van der Waals surface area contributed by atoms with Crippen molar-refractivity contribution in [1.82, 2.24) is 14.3 Å². The van der Waals surface area contributed by atoms with E-state index in [9.17, 15) is 12.8 Å². The van der Waals surface area contributed by atoms with Gasteiger partial charge in [0, 0.05) is 18.1 Å². The number of thiophene rings is 1. The van der Waals surface area contributed by atoms with E-state index < -0.39 is 21.4 Å². The van der Waals surface area contributed by atoms with Crippen molar-refractivity contribution in [2.75, 3.05) is 12.8 Å². The smallest absolute Gasteiger partial charge is 0.239 e. The number of nitrogens with zero attached hydrogens (tertiary/aromatic N) is 4. The maximum absolute atomic E-state index is 14.8. The first-order chi connectivity index (χ1) is 13.2. The number of halogens is 1. The highest BCUT2D eigenvalue weighted by Crippen LogP contribution is 2.41. The van der Waals surface area contributed by atoms with Crippen molar-refractivity contribution >= 4 is 27.3 Å². The normalized spacial score (nSPS) is 21.5. The molecule has 0 spiro atoms. The van der Waals surface area contributed by atoms with Crippen LogP contribution in [0.4, 0.5) is 4.39 Å². The van der Waals surface area contributed by atoms with Crippen LogP contribution in [-0.2, 0) is 15.6 Å². The summed E-state index contributed by atoms with van der Waals surface area (Å²) in [6.07, 6.45) is 4.42. The number of sulfonamides is 1. The third-order valence-corrected chi connectivity index (χ3v) is 7.83. The van der Waals surface area contributed by atoms with Crippen LogP contribution in [0.2, 0.25) is 0 Å². The van der Waals surface area contributed by atoms with E-state index in [0.717, 1.165) is 15.6 Å². The topological polar surface area (TPSA) is 115 Å². The van der Waals surface area contributed by atoms with Crippen molar-refractivity contribution in [2.24, 2.45) is 10.7 Å². The Morgan fingerprint density at radius 1 is 1.39 bits per heavy atom. The van der Waals surface area contributed by atoms with Gasteiger partial charge in [-0.15, -0.1) is 11.3 Å². The van der Waals surface area contributed by atoms with Gasteiger partial charge in [0.25, 0.3) is 0 Å². The molecular formula is C17H16FN5O3S2. The molecule has 4 rings (SSSR count). The Bertz CT molecular complexity index is 1170. The summed E-state index contributed by atoms with van der Waals surface area (Å²) in [5, 5.41) is 0. The maximum Gasteiger partial charge on any atom is 0.239 e.